The van der Waals surface area contributed by atoms with Crippen LogP contribution < -0.4 is 0 Å². The zero-order valence-electron chi connectivity index (χ0n) is 19.0. The van der Waals surface area contributed by atoms with Crippen molar-refractivity contribution in [1.29, 1.82) is 0 Å². The third-order valence-electron chi connectivity index (χ3n) is 6.13. The number of fused-ring (bicyclic) bond motifs is 1. The van der Waals surface area contributed by atoms with Gasteiger partial charge in [-0.25, -0.2) is 4.79 Å². The van der Waals surface area contributed by atoms with Crippen LogP contribution in [0.3, 0.4) is 0 Å². The fraction of sp³-hybridized carbons (Fsp3) is 0.250. The standard InChI is InChI=1S/C28H26N2O3/c1-4-32-27(31)28(24-12-5-6-13-29-24)26(33-28)21-10-7-9-19(15-21)23-17-22(18(2)3)16-20-11-8-14-30-25(20)23/h5-18,26H,4H2,1-3H3. The summed E-state index contributed by atoms with van der Waals surface area (Å²) in [6.45, 7) is 6.46. The highest BCUT2D eigenvalue weighted by Gasteiger charge is 2.67. The first-order valence-electron chi connectivity index (χ1n) is 11.3. The molecule has 0 amide bonds. The molecule has 166 valence electrons. The van der Waals surface area contributed by atoms with Crippen molar-refractivity contribution in [3.8, 4) is 11.1 Å². The van der Waals surface area contributed by atoms with Crippen LogP contribution in [0.1, 0.15) is 49.6 Å². The van der Waals surface area contributed by atoms with Gasteiger partial charge in [0.2, 0.25) is 5.60 Å². The van der Waals surface area contributed by atoms with Gasteiger partial charge in [-0.2, -0.15) is 0 Å². The third-order valence-corrected chi connectivity index (χ3v) is 6.13. The number of aromatic nitrogens is 2. The van der Waals surface area contributed by atoms with Gasteiger partial charge in [-0.05, 0) is 65.9 Å². The van der Waals surface area contributed by atoms with Gasteiger partial charge in [0.1, 0.15) is 6.10 Å². The monoisotopic (exact) mass is 438 g/mol. The predicted octanol–water partition coefficient (Wildman–Crippen LogP) is 5.95. The number of rotatable bonds is 6. The third kappa shape index (κ3) is 3.68. The zero-order chi connectivity index (χ0) is 23.0. The van der Waals surface area contributed by atoms with Crippen molar-refractivity contribution in [3.63, 3.8) is 0 Å². The van der Waals surface area contributed by atoms with Gasteiger partial charge in [0.05, 0.1) is 17.8 Å². The number of carbonyl (C=O) groups is 1. The maximum absolute atomic E-state index is 13.0. The van der Waals surface area contributed by atoms with Crippen LogP contribution in [0.25, 0.3) is 22.0 Å². The smallest absolute Gasteiger partial charge is 0.347 e. The summed E-state index contributed by atoms with van der Waals surface area (Å²) in [6.07, 6.45) is 3.03. The van der Waals surface area contributed by atoms with Crippen molar-refractivity contribution in [2.45, 2.75) is 38.4 Å². The Hall–Kier alpha value is -3.57. The summed E-state index contributed by atoms with van der Waals surface area (Å²) in [5.41, 5.74) is 4.57. The quantitative estimate of drug-likeness (QED) is 0.275. The molecule has 0 radical (unpaired) electrons. The van der Waals surface area contributed by atoms with E-state index in [9.17, 15) is 4.79 Å². The van der Waals surface area contributed by atoms with Gasteiger partial charge in [-0.3, -0.25) is 9.97 Å². The fourth-order valence-corrected chi connectivity index (χ4v) is 4.37. The minimum absolute atomic E-state index is 0.281. The van der Waals surface area contributed by atoms with E-state index in [4.69, 9.17) is 9.47 Å². The molecule has 1 saturated heterocycles. The highest BCUT2D eigenvalue weighted by atomic mass is 16.7. The van der Waals surface area contributed by atoms with Crippen LogP contribution in [0.15, 0.2) is 79.1 Å². The van der Waals surface area contributed by atoms with Crippen LogP contribution in [0.5, 0.6) is 0 Å². The van der Waals surface area contributed by atoms with Gasteiger partial charge < -0.3 is 9.47 Å². The molecular weight excluding hydrogens is 412 g/mol. The Labute approximate surface area is 193 Å². The van der Waals surface area contributed by atoms with E-state index in [1.807, 2.05) is 42.6 Å². The average Bonchev–Trinajstić information content (AvgIpc) is 3.61. The van der Waals surface area contributed by atoms with E-state index in [0.29, 0.717) is 11.6 Å². The van der Waals surface area contributed by atoms with E-state index in [1.165, 1.54) is 5.56 Å². The van der Waals surface area contributed by atoms with E-state index in [-0.39, 0.29) is 6.61 Å². The van der Waals surface area contributed by atoms with Crippen molar-refractivity contribution in [2.24, 2.45) is 0 Å². The summed E-state index contributed by atoms with van der Waals surface area (Å²) in [5.74, 6) is -0.0167. The Bertz CT molecular complexity index is 1320. The average molecular weight is 439 g/mol. The van der Waals surface area contributed by atoms with Crippen molar-refractivity contribution < 1.29 is 14.3 Å². The molecule has 5 rings (SSSR count). The number of benzene rings is 2. The van der Waals surface area contributed by atoms with Gasteiger partial charge in [0.25, 0.3) is 0 Å². The van der Waals surface area contributed by atoms with Crippen LogP contribution >= 0.6 is 0 Å². The van der Waals surface area contributed by atoms with Gasteiger partial charge in [0.15, 0.2) is 0 Å². The van der Waals surface area contributed by atoms with Crippen LogP contribution in [0.4, 0.5) is 0 Å². The molecule has 5 nitrogen and oxygen atoms in total. The first kappa shape index (κ1) is 21.3. The topological polar surface area (TPSA) is 64.6 Å². The Kier molecular flexibility index (Phi) is 5.43. The maximum Gasteiger partial charge on any atom is 0.347 e. The SMILES string of the molecule is CCOC(=O)C1(c2ccccn2)OC1c1cccc(-c2cc(C(C)C)cc3cccnc23)c1. The molecule has 0 spiro atoms. The molecule has 3 heterocycles. The molecule has 33 heavy (non-hydrogen) atoms. The van der Waals surface area contributed by atoms with Crippen LogP contribution in [-0.4, -0.2) is 22.5 Å². The second-order valence-electron chi connectivity index (χ2n) is 8.59. The van der Waals surface area contributed by atoms with Gasteiger partial charge in [-0.15, -0.1) is 0 Å². The Morgan fingerprint density at radius 3 is 2.64 bits per heavy atom. The van der Waals surface area contributed by atoms with Gasteiger partial charge in [0, 0.05) is 23.3 Å². The summed E-state index contributed by atoms with van der Waals surface area (Å²) in [5, 5.41) is 1.11. The number of carbonyl (C=O) groups excluding carboxylic acids is 1. The lowest BCUT2D eigenvalue weighted by Gasteiger charge is -2.14. The van der Waals surface area contributed by atoms with Gasteiger partial charge in [-0.1, -0.05) is 44.2 Å². The molecule has 4 aromatic rings. The van der Waals surface area contributed by atoms with E-state index in [0.717, 1.165) is 27.6 Å². The molecule has 1 fully saturated rings. The molecule has 5 heteroatoms. The minimum Gasteiger partial charge on any atom is -0.463 e. The highest BCUT2D eigenvalue weighted by Crippen LogP contribution is 2.57. The van der Waals surface area contributed by atoms with Crippen molar-refractivity contribution >= 4 is 16.9 Å². The van der Waals surface area contributed by atoms with E-state index < -0.39 is 17.7 Å². The minimum atomic E-state index is -1.21. The highest BCUT2D eigenvalue weighted by molar-refractivity contribution is 5.94. The van der Waals surface area contributed by atoms with E-state index >= 15 is 0 Å². The molecule has 0 N–H and O–H groups in total. The molecule has 0 aliphatic carbocycles. The molecule has 2 aromatic carbocycles. The lowest BCUT2D eigenvalue weighted by atomic mass is 9.91. The Balaban J connectivity index is 1.60. The fourth-order valence-electron chi connectivity index (χ4n) is 4.37. The largest absolute Gasteiger partial charge is 0.463 e. The molecule has 2 aromatic heterocycles. The first-order valence-corrected chi connectivity index (χ1v) is 11.3. The molecular formula is C28H26N2O3. The summed E-state index contributed by atoms with van der Waals surface area (Å²) in [4.78, 5) is 22.0. The number of epoxide rings is 1. The summed E-state index contributed by atoms with van der Waals surface area (Å²) in [7, 11) is 0. The molecule has 1 aliphatic rings. The number of hydrogen-bond donors (Lipinski definition) is 0. The molecule has 1 aliphatic heterocycles. The number of ether oxygens (including phenoxy) is 2. The summed E-state index contributed by atoms with van der Waals surface area (Å²) in [6, 6.07) is 22.1. The van der Waals surface area contributed by atoms with Crippen LogP contribution in [-0.2, 0) is 19.9 Å². The maximum atomic E-state index is 13.0. The molecule has 2 unspecified atom stereocenters. The second kappa shape index (κ2) is 8.41. The van der Waals surface area contributed by atoms with E-state index in [2.05, 4.69) is 54.1 Å². The summed E-state index contributed by atoms with van der Waals surface area (Å²) >= 11 is 0. The zero-order valence-corrected chi connectivity index (χ0v) is 19.0. The second-order valence-corrected chi connectivity index (χ2v) is 8.59. The van der Waals surface area contributed by atoms with Crippen molar-refractivity contribution in [2.75, 3.05) is 6.61 Å². The van der Waals surface area contributed by atoms with Crippen molar-refractivity contribution in [1.82, 2.24) is 9.97 Å². The normalized spacial score (nSPS) is 19.6. The first-order chi connectivity index (χ1) is 16.0. The molecule has 0 saturated carbocycles. The summed E-state index contributed by atoms with van der Waals surface area (Å²) < 4.78 is 11.5. The Morgan fingerprint density at radius 1 is 1.03 bits per heavy atom. The van der Waals surface area contributed by atoms with Crippen molar-refractivity contribution in [3.05, 3.63) is 95.9 Å². The molecule has 2 atom stereocenters. The van der Waals surface area contributed by atoms with E-state index in [1.54, 1.807) is 13.1 Å². The number of hydrogen-bond acceptors (Lipinski definition) is 5. The number of pyridine rings is 2. The molecule has 0 bridgehead atoms. The lowest BCUT2D eigenvalue weighted by molar-refractivity contribution is -0.150. The Morgan fingerprint density at radius 2 is 1.88 bits per heavy atom. The van der Waals surface area contributed by atoms with Gasteiger partial charge >= 0.3 is 5.97 Å². The number of nitrogens with zero attached hydrogens (tertiary/aromatic N) is 2. The number of esters is 1. The lowest BCUT2D eigenvalue weighted by Crippen LogP contribution is -2.26. The predicted molar refractivity (Wildman–Crippen MR) is 128 cm³/mol. The van der Waals surface area contributed by atoms with Crippen LogP contribution in [0.2, 0.25) is 0 Å². The van der Waals surface area contributed by atoms with Crippen LogP contribution in [0, 0.1) is 0 Å².